The predicted molar refractivity (Wildman–Crippen MR) is 55.6 cm³/mol. The summed E-state index contributed by atoms with van der Waals surface area (Å²) in [5.41, 5.74) is 2.65. The van der Waals surface area contributed by atoms with Gasteiger partial charge in [-0.2, -0.15) is 0 Å². The van der Waals surface area contributed by atoms with E-state index in [9.17, 15) is 0 Å². The maximum atomic E-state index is 4.08. The minimum absolute atomic E-state index is 0.937. The summed E-state index contributed by atoms with van der Waals surface area (Å²) in [5.74, 6) is 0. The first-order chi connectivity index (χ1) is 6.33. The van der Waals surface area contributed by atoms with Gasteiger partial charge < -0.3 is 5.32 Å². The van der Waals surface area contributed by atoms with Gasteiger partial charge in [0.25, 0.3) is 0 Å². The molecule has 0 aromatic carbocycles. The molecule has 1 N–H and O–H groups in total. The van der Waals surface area contributed by atoms with Crippen LogP contribution in [-0.4, -0.2) is 18.6 Å². The zero-order valence-corrected chi connectivity index (χ0v) is 8.25. The van der Waals surface area contributed by atoms with Gasteiger partial charge in [0, 0.05) is 18.9 Å². The Balaban J connectivity index is 2.50. The summed E-state index contributed by atoms with van der Waals surface area (Å²) < 4.78 is 0. The quantitative estimate of drug-likeness (QED) is 0.707. The van der Waals surface area contributed by atoms with Crippen molar-refractivity contribution in [1.82, 2.24) is 10.3 Å². The highest BCUT2D eigenvalue weighted by Gasteiger charge is 1.92. The molecule has 2 nitrogen and oxygen atoms in total. The number of hydrogen-bond donors (Lipinski definition) is 1. The maximum absolute atomic E-state index is 4.08. The van der Waals surface area contributed by atoms with Crippen LogP contribution in [0, 0.1) is 0 Å². The van der Waals surface area contributed by atoms with Crippen LogP contribution in [0.15, 0.2) is 36.2 Å². The van der Waals surface area contributed by atoms with Gasteiger partial charge in [-0.1, -0.05) is 17.7 Å². The van der Waals surface area contributed by atoms with E-state index in [4.69, 9.17) is 0 Å². The lowest BCUT2D eigenvalue weighted by atomic mass is 10.1. The molecule has 0 saturated heterocycles. The smallest absolute Gasteiger partial charge is 0.0303 e. The molecule has 0 atom stereocenters. The van der Waals surface area contributed by atoms with E-state index in [0.29, 0.717) is 0 Å². The highest BCUT2D eigenvalue weighted by Crippen LogP contribution is 2.04. The molecule has 1 heterocycles. The normalized spacial score (nSPS) is 11.7. The van der Waals surface area contributed by atoms with Crippen molar-refractivity contribution in [3.8, 4) is 0 Å². The Hall–Kier alpha value is -1.15. The Kier molecular flexibility index (Phi) is 4.19. The number of likely N-dealkylation sites (N-methyl/N-ethyl adjacent to an activating group) is 1. The molecular weight excluding hydrogens is 160 g/mol. The van der Waals surface area contributed by atoms with Crippen molar-refractivity contribution >= 4 is 0 Å². The van der Waals surface area contributed by atoms with Gasteiger partial charge in [0.15, 0.2) is 0 Å². The molecule has 0 fully saturated rings. The molecule has 2 heteroatoms. The zero-order chi connectivity index (χ0) is 9.52. The molecule has 70 valence electrons. The van der Waals surface area contributed by atoms with Crippen LogP contribution in [0.1, 0.15) is 12.5 Å². The summed E-state index contributed by atoms with van der Waals surface area (Å²) >= 11 is 0. The van der Waals surface area contributed by atoms with Gasteiger partial charge in [0.05, 0.1) is 0 Å². The summed E-state index contributed by atoms with van der Waals surface area (Å²) in [7, 11) is 1.95. The molecule has 1 aromatic rings. The molecule has 13 heavy (non-hydrogen) atoms. The molecule has 0 aliphatic heterocycles. The van der Waals surface area contributed by atoms with Crippen molar-refractivity contribution in [3.05, 3.63) is 41.7 Å². The minimum Gasteiger partial charge on any atom is -0.316 e. The number of rotatable bonds is 4. The Labute approximate surface area is 79.7 Å². The number of pyridine rings is 1. The van der Waals surface area contributed by atoms with E-state index in [0.717, 1.165) is 13.0 Å². The molecule has 0 spiro atoms. The van der Waals surface area contributed by atoms with Crippen LogP contribution in [0.3, 0.4) is 0 Å². The summed E-state index contributed by atoms with van der Waals surface area (Å²) in [6.07, 6.45) is 6.91. The average Bonchev–Trinajstić information content (AvgIpc) is 2.16. The first kappa shape index (κ1) is 9.93. The van der Waals surface area contributed by atoms with Gasteiger partial charge in [-0.25, -0.2) is 0 Å². The highest BCUT2D eigenvalue weighted by atomic mass is 14.8. The van der Waals surface area contributed by atoms with E-state index in [-0.39, 0.29) is 0 Å². The number of nitrogens with zero attached hydrogens (tertiary/aromatic N) is 1. The number of nitrogens with one attached hydrogen (secondary N) is 1. The van der Waals surface area contributed by atoms with Crippen LogP contribution >= 0.6 is 0 Å². The van der Waals surface area contributed by atoms with Crippen LogP contribution in [0.2, 0.25) is 0 Å². The van der Waals surface area contributed by atoms with Crippen molar-refractivity contribution in [2.75, 3.05) is 13.6 Å². The molecule has 1 rings (SSSR count). The van der Waals surface area contributed by atoms with E-state index in [2.05, 4.69) is 29.4 Å². The lowest BCUT2D eigenvalue weighted by Crippen LogP contribution is -2.05. The molecule has 0 aliphatic rings. The Morgan fingerprint density at radius 1 is 1.62 bits per heavy atom. The summed E-state index contributed by atoms with van der Waals surface area (Å²) in [6.45, 7) is 3.08. The molecule has 0 radical (unpaired) electrons. The summed E-state index contributed by atoms with van der Waals surface area (Å²) in [4.78, 5) is 4.08. The maximum Gasteiger partial charge on any atom is 0.0303 e. The number of allylic oxidation sites excluding steroid dienone is 1. The van der Waals surface area contributed by atoms with Gasteiger partial charge in [-0.3, -0.25) is 4.98 Å². The van der Waals surface area contributed by atoms with E-state index in [1.807, 2.05) is 19.3 Å². The summed E-state index contributed by atoms with van der Waals surface area (Å²) in [5, 5.41) is 3.09. The van der Waals surface area contributed by atoms with Crippen LogP contribution in [0.5, 0.6) is 0 Å². The van der Waals surface area contributed by atoms with Crippen molar-refractivity contribution in [2.45, 2.75) is 13.3 Å². The predicted octanol–water partition coefficient (Wildman–Crippen LogP) is 1.79. The van der Waals surface area contributed by atoms with Gasteiger partial charge in [-0.05, 0) is 32.0 Å². The van der Waals surface area contributed by atoms with Gasteiger partial charge in [0.1, 0.15) is 0 Å². The molecule has 0 bridgehead atoms. The Morgan fingerprint density at radius 3 is 3.08 bits per heavy atom. The van der Waals surface area contributed by atoms with Gasteiger partial charge in [0.2, 0.25) is 0 Å². The second-order valence-corrected chi connectivity index (χ2v) is 3.15. The third kappa shape index (κ3) is 3.85. The fraction of sp³-hybridized carbons (Fsp3) is 0.364. The van der Waals surface area contributed by atoms with Crippen LogP contribution in [0.25, 0.3) is 0 Å². The minimum atomic E-state index is 0.937. The molecular formula is C11H16N2. The number of hydrogen-bond acceptors (Lipinski definition) is 2. The number of aromatic nitrogens is 1. The molecule has 0 amide bonds. The fourth-order valence-corrected chi connectivity index (χ4v) is 1.17. The van der Waals surface area contributed by atoms with Crippen molar-refractivity contribution < 1.29 is 0 Å². The van der Waals surface area contributed by atoms with E-state index in [1.54, 1.807) is 6.20 Å². The zero-order valence-electron chi connectivity index (χ0n) is 8.25. The molecule has 0 aliphatic carbocycles. The second kappa shape index (κ2) is 5.49. The SMILES string of the molecule is CNC/C=C(\C)Cc1cccnc1. The molecule has 0 unspecified atom stereocenters. The Bertz CT molecular complexity index is 265. The third-order valence-corrected chi connectivity index (χ3v) is 1.86. The second-order valence-electron chi connectivity index (χ2n) is 3.15. The average molecular weight is 176 g/mol. The standard InChI is InChI=1S/C11H16N2/c1-10(5-7-12-2)8-11-4-3-6-13-9-11/h3-6,9,12H,7-8H2,1-2H3/b10-5+. The van der Waals surface area contributed by atoms with Crippen LogP contribution in [0.4, 0.5) is 0 Å². The van der Waals surface area contributed by atoms with Crippen molar-refractivity contribution in [2.24, 2.45) is 0 Å². The van der Waals surface area contributed by atoms with Crippen molar-refractivity contribution in [1.29, 1.82) is 0 Å². The van der Waals surface area contributed by atoms with E-state index >= 15 is 0 Å². The molecule has 0 saturated carbocycles. The topological polar surface area (TPSA) is 24.9 Å². The fourth-order valence-electron chi connectivity index (χ4n) is 1.17. The third-order valence-electron chi connectivity index (χ3n) is 1.86. The lowest BCUT2D eigenvalue weighted by Gasteiger charge is -2.00. The van der Waals surface area contributed by atoms with E-state index in [1.165, 1.54) is 11.1 Å². The van der Waals surface area contributed by atoms with Crippen LogP contribution in [-0.2, 0) is 6.42 Å². The highest BCUT2D eigenvalue weighted by molar-refractivity contribution is 5.17. The lowest BCUT2D eigenvalue weighted by molar-refractivity contribution is 0.906. The largest absolute Gasteiger partial charge is 0.316 e. The van der Waals surface area contributed by atoms with Gasteiger partial charge in [-0.15, -0.1) is 0 Å². The first-order valence-corrected chi connectivity index (χ1v) is 4.52. The molecule has 1 aromatic heterocycles. The van der Waals surface area contributed by atoms with Gasteiger partial charge >= 0.3 is 0 Å². The Morgan fingerprint density at radius 2 is 2.46 bits per heavy atom. The first-order valence-electron chi connectivity index (χ1n) is 4.52. The van der Waals surface area contributed by atoms with E-state index < -0.39 is 0 Å². The van der Waals surface area contributed by atoms with Crippen LogP contribution < -0.4 is 5.32 Å². The van der Waals surface area contributed by atoms with Crippen molar-refractivity contribution in [3.63, 3.8) is 0 Å². The summed E-state index contributed by atoms with van der Waals surface area (Å²) in [6, 6.07) is 4.07. The monoisotopic (exact) mass is 176 g/mol.